The molecule has 0 saturated carbocycles. The van der Waals surface area contributed by atoms with Crippen molar-refractivity contribution < 1.29 is 9.53 Å². The van der Waals surface area contributed by atoms with E-state index in [2.05, 4.69) is 30.1 Å². The van der Waals surface area contributed by atoms with Crippen LogP contribution in [0.15, 0.2) is 24.3 Å². The lowest BCUT2D eigenvalue weighted by atomic mass is 9.99. The van der Waals surface area contributed by atoms with Gasteiger partial charge in [0.15, 0.2) is 0 Å². The maximum atomic E-state index is 11.7. The molecular weight excluding hydrogens is 302 g/mol. The first kappa shape index (κ1) is 16.7. The predicted octanol–water partition coefficient (Wildman–Crippen LogP) is 3.36. The minimum atomic E-state index is -0.151. The van der Waals surface area contributed by atoms with E-state index in [4.69, 9.17) is 9.72 Å². The molecule has 0 spiro atoms. The highest BCUT2D eigenvalue weighted by atomic mass is 16.5. The number of fused-ring (bicyclic) bond motifs is 1. The van der Waals surface area contributed by atoms with Gasteiger partial charge in [-0.15, -0.1) is 0 Å². The van der Waals surface area contributed by atoms with E-state index in [0.29, 0.717) is 0 Å². The van der Waals surface area contributed by atoms with Crippen LogP contribution in [0.4, 0.5) is 11.5 Å². The first-order chi connectivity index (χ1) is 11.6. The summed E-state index contributed by atoms with van der Waals surface area (Å²) in [5.74, 6) is 1.71. The van der Waals surface area contributed by atoms with Gasteiger partial charge in [0, 0.05) is 31.3 Å². The lowest BCUT2D eigenvalue weighted by Gasteiger charge is -2.31. The molecule has 2 heterocycles. The number of carbonyl (C=O) groups excluding carboxylic acids is 1. The maximum Gasteiger partial charge on any atom is 0.250 e. The first-order valence-electron chi connectivity index (χ1n) is 8.52. The molecule has 1 aromatic carbocycles. The van der Waals surface area contributed by atoms with Crippen molar-refractivity contribution in [2.45, 2.75) is 26.7 Å². The first-order valence-corrected chi connectivity index (χ1v) is 8.52. The molecule has 1 aliphatic heterocycles. The monoisotopic (exact) mass is 327 g/mol. The largest absolute Gasteiger partial charge is 0.375 e. The van der Waals surface area contributed by atoms with Gasteiger partial charge in [0.2, 0.25) is 5.91 Å². The summed E-state index contributed by atoms with van der Waals surface area (Å²) in [6.45, 7) is 6.62. The third kappa shape index (κ3) is 3.67. The molecule has 1 aromatic heterocycles. The number of amides is 1. The second-order valence-corrected chi connectivity index (χ2v) is 6.68. The third-order valence-electron chi connectivity index (χ3n) is 4.67. The van der Waals surface area contributed by atoms with Crippen LogP contribution >= 0.6 is 0 Å². The molecule has 24 heavy (non-hydrogen) atoms. The van der Waals surface area contributed by atoms with Gasteiger partial charge in [-0.25, -0.2) is 4.98 Å². The molecule has 1 aliphatic rings. The molecule has 0 atom stereocenters. The van der Waals surface area contributed by atoms with Crippen LogP contribution in [0.2, 0.25) is 0 Å². The van der Waals surface area contributed by atoms with E-state index < -0.39 is 0 Å². The molecule has 0 unspecified atom stereocenters. The maximum absolute atomic E-state index is 11.7. The number of anilines is 2. The van der Waals surface area contributed by atoms with Crippen molar-refractivity contribution in [3.8, 4) is 0 Å². The fraction of sp³-hybridized carbons (Fsp3) is 0.474. The topological polar surface area (TPSA) is 54.5 Å². The van der Waals surface area contributed by atoms with E-state index >= 15 is 0 Å². The Morgan fingerprint density at radius 1 is 1.33 bits per heavy atom. The van der Waals surface area contributed by atoms with Crippen molar-refractivity contribution in [2.75, 3.05) is 37.0 Å². The number of benzene rings is 1. The molecule has 1 N–H and O–H groups in total. The van der Waals surface area contributed by atoms with Gasteiger partial charge < -0.3 is 15.0 Å². The van der Waals surface area contributed by atoms with Gasteiger partial charge in [0.05, 0.1) is 5.52 Å². The van der Waals surface area contributed by atoms with E-state index in [1.807, 2.05) is 18.2 Å². The number of rotatable bonds is 4. The standard InChI is InChI=1S/C19H25N3O2/c1-13-6-8-22(9-7-13)18-10-14(2)16-11-15(4-5-17(16)21-18)20-19(23)12-24-3/h4-5,10-11,13H,6-9,12H2,1-3H3,(H,20,23). The normalized spacial score (nSPS) is 15.7. The number of ether oxygens (including phenoxy) is 1. The van der Waals surface area contributed by atoms with Crippen molar-refractivity contribution in [3.63, 3.8) is 0 Å². The summed E-state index contributed by atoms with van der Waals surface area (Å²) in [5.41, 5.74) is 2.92. The van der Waals surface area contributed by atoms with Crippen LogP contribution in [-0.2, 0) is 9.53 Å². The second kappa shape index (κ2) is 7.18. The Morgan fingerprint density at radius 2 is 2.08 bits per heavy atom. The van der Waals surface area contributed by atoms with Gasteiger partial charge in [-0.2, -0.15) is 0 Å². The fourth-order valence-corrected chi connectivity index (χ4v) is 3.18. The highest BCUT2D eigenvalue weighted by Crippen LogP contribution is 2.27. The minimum Gasteiger partial charge on any atom is -0.375 e. The summed E-state index contributed by atoms with van der Waals surface area (Å²) in [6, 6.07) is 8.00. The zero-order valence-corrected chi connectivity index (χ0v) is 14.6. The average Bonchev–Trinajstić information content (AvgIpc) is 2.56. The second-order valence-electron chi connectivity index (χ2n) is 6.68. The van der Waals surface area contributed by atoms with Crippen LogP contribution in [0, 0.1) is 12.8 Å². The Bertz CT molecular complexity index is 737. The quantitative estimate of drug-likeness (QED) is 0.935. The molecular formula is C19H25N3O2. The Kier molecular flexibility index (Phi) is 5.00. The molecule has 128 valence electrons. The van der Waals surface area contributed by atoms with Gasteiger partial charge >= 0.3 is 0 Å². The Hall–Kier alpha value is -2.14. The molecule has 1 amide bonds. The molecule has 5 nitrogen and oxygen atoms in total. The van der Waals surface area contributed by atoms with E-state index in [1.54, 1.807) is 0 Å². The van der Waals surface area contributed by atoms with E-state index in [-0.39, 0.29) is 12.5 Å². The van der Waals surface area contributed by atoms with E-state index in [0.717, 1.165) is 41.4 Å². The number of methoxy groups -OCH3 is 1. The van der Waals surface area contributed by atoms with E-state index in [1.165, 1.54) is 25.5 Å². The molecule has 0 bridgehead atoms. The highest BCUT2D eigenvalue weighted by Gasteiger charge is 2.18. The lowest BCUT2D eigenvalue weighted by molar-refractivity contribution is -0.119. The SMILES string of the molecule is COCC(=O)Nc1ccc2nc(N3CCC(C)CC3)cc(C)c2c1. The molecule has 3 rings (SSSR count). The highest BCUT2D eigenvalue weighted by molar-refractivity contribution is 5.95. The number of aryl methyl sites for hydroxylation is 1. The Labute approximate surface area is 143 Å². The van der Waals surface area contributed by atoms with Gasteiger partial charge in [-0.1, -0.05) is 6.92 Å². The van der Waals surface area contributed by atoms with Crippen molar-refractivity contribution in [3.05, 3.63) is 29.8 Å². The number of nitrogens with one attached hydrogen (secondary N) is 1. The predicted molar refractivity (Wildman–Crippen MR) is 97.6 cm³/mol. The Balaban J connectivity index is 1.85. The molecule has 0 radical (unpaired) electrons. The molecule has 5 heteroatoms. The molecule has 1 saturated heterocycles. The summed E-state index contributed by atoms with van der Waals surface area (Å²) in [5, 5.41) is 3.91. The summed E-state index contributed by atoms with van der Waals surface area (Å²) >= 11 is 0. The van der Waals surface area contributed by atoms with Crippen LogP contribution in [-0.4, -0.2) is 37.7 Å². The number of hydrogen-bond acceptors (Lipinski definition) is 4. The summed E-state index contributed by atoms with van der Waals surface area (Å²) < 4.78 is 4.85. The van der Waals surface area contributed by atoms with Crippen LogP contribution in [0.25, 0.3) is 10.9 Å². The Morgan fingerprint density at radius 3 is 2.79 bits per heavy atom. The number of piperidine rings is 1. The zero-order valence-electron chi connectivity index (χ0n) is 14.6. The number of hydrogen-bond donors (Lipinski definition) is 1. The summed E-state index contributed by atoms with van der Waals surface area (Å²) in [6.07, 6.45) is 2.45. The molecule has 2 aromatic rings. The summed E-state index contributed by atoms with van der Waals surface area (Å²) in [7, 11) is 1.51. The van der Waals surface area contributed by atoms with Crippen molar-refractivity contribution in [2.24, 2.45) is 5.92 Å². The average molecular weight is 327 g/mol. The third-order valence-corrected chi connectivity index (χ3v) is 4.67. The smallest absolute Gasteiger partial charge is 0.250 e. The zero-order chi connectivity index (χ0) is 17.1. The summed E-state index contributed by atoms with van der Waals surface area (Å²) in [4.78, 5) is 18.9. The molecule has 1 fully saturated rings. The van der Waals surface area contributed by atoms with Gasteiger partial charge in [-0.05, 0) is 55.5 Å². The molecule has 0 aliphatic carbocycles. The van der Waals surface area contributed by atoms with Crippen molar-refractivity contribution >= 4 is 28.3 Å². The van der Waals surface area contributed by atoms with E-state index in [9.17, 15) is 4.79 Å². The number of nitrogens with zero attached hydrogens (tertiary/aromatic N) is 2. The van der Waals surface area contributed by atoms with Gasteiger partial charge in [0.1, 0.15) is 12.4 Å². The van der Waals surface area contributed by atoms with Gasteiger partial charge in [-0.3, -0.25) is 4.79 Å². The van der Waals surface area contributed by atoms with Gasteiger partial charge in [0.25, 0.3) is 0 Å². The van der Waals surface area contributed by atoms with Crippen LogP contribution in [0.3, 0.4) is 0 Å². The minimum absolute atomic E-state index is 0.0571. The van der Waals surface area contributed by atoms with Crippen LogP contribution in [0.5, 0.6) is 0 Å². The fourth-order valence-electron chi connectivity index (χ4n) is 3.18. The van der Waals surface area contributed by atoms with Crippen LogP contribution in [0.1, 0.15) is 25.3 Å². The number of carbonyl (C=O) groups is 1. The number of aromatic nitrogens is 1. The van der Waals surface area contributed by atoms with Crippen molar-refractivity contribution in [1.82, 2.24) is 4.98 Å². The lowest BCUT2D eigenvalue weighted by Crippen LogP contribution is -2.33. The number of pyridine rings is 1. The van der Waals surface area contributed by atoms with Crippen LogP contribution < -0.4 is 10.2 Å². The van der Waals surface area contributed by atoms with Crippen molar-refractivity contribution in [1.29, 1.82) is 0 Å².